The Kier molecular flexibility index (Phi) is 6.99. The molecule has 3 aromatic rings. The van der Waals surface area contributed by atoms with Crippen LogP contribution in [-0.2, 0) is 12.0 Å². The Morgan fingerprint density at radius 1 is 1.29 bits per heavy atom. The van der Waals surface area contributed by atoms with E-state index in [0.717, 1.165) is 23.3 Å². The van der Waals surface area contributed by atoms with Crippen LogP contribution in [0.3, 0.4) is 0 Å². The number of benzene rings is 1. The molecule has 38 heavy (non-hydrogen) atoms. The first-order valence-corrected chi connectivity index (χ1v) is 13.4. The van der Waals surface area contributed by atoms with Crippen molar-refractivity contribution in [3.63, 3.8) is 0 Å². The third-order valence-electron chi connectivity index (χ3n) is 6.49. The molecule has 3 heterocycles. The number of anilines is 1. The van der Waals surface area contributed by atoms with Gasteiger partial charge in [0.05, 0.1) is 44.6 Å². The van der Waals surface area contributed by atoms with Crippen molar-refractivity contribution in [1.29, 1.82) is 0 Å². The molecule has 0 fully saturated rings. The summed E-state index contributed by atoms with van der Waals surface area (Å²) in [5.74, 6) is -0.619. The van der Waals surface area contributed by atoms with Crippen LogP contribution < -0.4 is 5.32 Å². The van der Waals surface area contributed by atoms with Gasteiger partial charge in [-0.2, -0.15) is 13.2 Å². The van der Waals surface area contributed by atoms with E-state index in [-0.39, 0.29) is 5.56 Å². The summed E-state index contributed by atoms with van der Waals surface area (Å²) in [5.41, 5.74) is 0.936. The molecule has 2 atom stereocenters. The van der Waals surface area contributed by atoms with Crippen LogP contribution in [0.1, 0.15) is 44.9 Å². The minimum absolute atomic E-state index is 0.174. The van der Waals surface area contributed by atoms with E-state index in [1.165, 1.54) is 23.6 Å². The van der Waals surface area contributed by atoms with Gasteiger partial charge in [0.1, 0.15) is 22.6 Å². The Bertz CT molecular complexity index is 1470. The Balaban J connectivity index is 1.44. The van der Waals surface area contributed by atoms with Crippen molar-refractivity contribution in [3.8, 4) is 10.6 Å². The van der Waals surface area contributed by atoms with Gasteiger partial charge in [-0.25, -0.2) is 14.8 Å². The van der Waals surface area contributed by atoms with Crippen LogP contribution >= 0.6 is 34.2 Å². The predicted molar refractivity (Wildman–Crippen MR) is 146 cm³/mol. The summed E-state index contributed by atoms with van der Waals surface area (Å²) in [7, 11) is 0. The molecule has 12 heteroatoms. The van der Waals surface area contributed by atoms with Gasteiger partial charge in [-0.15, -0.1) is 11.3 Å². The number of rotatable bonds is 5. The van der Waals surface area contributed by atoms with Crippen LogP contribution in [0.25, 0.3) is 10.6 Å². The van der Waals surface area contributed by atoms with Gasteiger partial charge < -0.3 is 15.5 Å². The van der Waals surface area contributed by atoms with Crippen molar-refractivity contribution in [3.05, 3.63) is 87.7 Å². The molecule has 0 radical (unpaired) electrons. The van der Waals surface area contributed by atoms with Gasteiger partial charge >= 0.3 is 12.1 Å². The largest absolute Gasteiger partial charge is 0.478 e. The van der Waals surface area contributed by atoms with Gasteiger partial charge in [-0.3, -0.25) is 3.11 Å². The zero-order chi connectivity index (χ0) is 27.2. The molecule has 2 aliphatic rings. The highest BCUT2D eigenvalue weighted by atomic mass is 127. The molecule has 0 bridgehead atoms. The van der Waals surface area contributed by atoms with Gasteiger partial charge in [-0.1, -0.05) is 6.07 Å². The average Bonchev–Trinajstić information content (AvgIpc) is 3.36. The maximum atomic E-state index is 13.2. The molecular weight excluding hydrogens is 632 g/mol. The standard InChI is InChI=1S/C26H22F3IN4O3S/c1-14-9-19(32-21(10-14)33-22-12-17(26(27,28)29)6-8-34(22)30)20-13-31-24(38-20)25(37)7-2-3-15-11-16(23(35)36)4-5-18(15)25/h4-6,8-13,22,37H,2-3,7H2,1H3,(H,32,33)(H,35,36). The molecule has 0 spiro atoms. The maximum absolute atomic E-state index is 13.2. The van der Waals surface area contributed by atoms with E-state index >= 15 is 0 Å². The minimum atomic E-state index is -4.45. The van der Waals surface area contributed by atoms with Crippen LogP contribution in [0.15, 0.2) is 60.5 Å². The lowest BCUT2D eigenvalue weighted by Crippen LogP contribution is -2.33. The van der Waals surface area contributed by atoms with Crippen LogP contribution in [0.5, 0.6) is 0 Å². The Morgan fingerprint density at radius 2 is 2.08 bits per heavy atom. The molecule has 3 N–H and O–H groups in total. The summed E-state index contributed by atoms with van der Waals surface area (Å²) in [4.78, 5) is 21.2. The molecule has 1 aliphatic carbocycles. The number of halogens is 4. The number of aromatic nitrogens is 2. The summed E-state index contributed by atoms with van der Waals surface area (Å²) < 4.78 is 41.3. The van der Waals surface area contributed by atoms with E-state index in [2.05, 4.69) is 15.3 Å². The lowest BCUT2D eigenvalue weighted by atomic mass is 9.79. The smallest absolute Gasteiger partial charge is 0.416 e. The van der Waals surface area contributed by atoms with Crippen molar-refractivity contribution in [2.45, 2.75) is 44.1 Å². The van der Waals surface area contributed by atoms with Gasteiger partial charge in [0, 0.05) is 12.4 Å². The number of aromatic carboxylic acids is 1. The number of fused-ring (bicyclic) bond motifs is 1. The number of hydrogen-bond acceptors (Lipinski definition) is 7. The number of thiazole rings is 1. The van der Waals surface area contributed by atoms with Gasteiger partial charge in [-0.05, 0) is 79.3 Å². The third kappa shape index (κ3) is 5.16. The van der Waals surface area contributed by atoms with Crippen molar-refractivity contribution >= 4 is 46.0 Å². The third-order valence-corrected chi connectivity index (χ3v) is 8.58. The Hall–Kier alpha value is -2.97. The summed E-state index contributed by atoms with van der Waals surface area (Å²) in [5, 5.41) is 24.5. The topological polar surface area (TPSA) is 98.6 Å². The SMILES string of the molecule is Cc1cc(NC2C=C(C(F)(F)F)C=CN2I)nc(-c2cnc(C3(O)CCCc4cc(C(=O)O)ccc43)s2)c1. The van der Waals surface area contributed by atoms with Crippen molar-refractivity contribution < 1.29 is 28.2 Å². The number of hydrogen-bond donors (Lipinski definition) is 3. The molecule has 5 rings (SSSR count). The van der Waals surface area contributed by atoms with Crippen LogP contribution in [0, 0.1) is 6.92 Å². The number of carbonyl (C=O) groups is 1. The fourth-order valence-electron chi connectivity index (χ4n) is 4.66. The highest BCUT2D eigenvalue weighted by Crippen LogP contribution is 2.44. The molecule has 1 aliphatic heterocycles. The van der Waals surface area contributed by atoms with Gasteiger partial charge in [0.2, 0.25) is 0 Å². The number of carboxylic acids is 1. The molecule has 2 unspecified atom stereocenters. The number of nitrogens with one attached hydrogen (secondary N) is 1. The highest BCUT2D eigenvalue weighted by Gasteiger charge is 2.39. The molecule has 7 nitrogen and oxygen atoms in total. The van der Waals surface area contributed by atoms with Crippen molar-refractivity contribution in [2.75, 3.05) is 5.32 Å². The molecule has 0 amide bonds. The average molecular weight is 654 g/mol. The molecule has 198 valence electrons. The molecule has 0 saturated heterocycles. The van der Waals surface area contributed by atoms with Crippen molar-refractivity contribution in [2.24, 2.45) is 0 Å². The predicted octanol–water partition coefficient (Wildman–Crippen LogP) is 6.19. The van der Waals surface area contributed by atoms with E-state index in [4.69, 9.17) is 0 Å². The second kappa shape index (κ2) is 9.97. The minimum Gasteiger partial charge on any atom is -0.478 e. The summed E-state index contributed by atoms with van der Waals surface area (Å²) in [6, 6.07) is 8.34. The highest BCUT2D eigenvalue weighted by molar-refractivity contribution is 14.1. The zero-order valence-electron chi connectivity index (χ0n) is 20.0. The van der Waals surface area contributed by atoms with Crippen LogP contribution in [0.4, 0.5) is 19.0 Å². The Morgan fingerprint density at radius 3 is 2.82 bits per heavy atom. The van der Waals surface area contributed by atoms with E-state index in [1.54, 1.807) is 27.5 Å². The van der Waals surface area contributed by atoms with E-state index in [9.17, 15) is 28.2 Å². The van der Waals surface area contributed by atoms with Crippen LogP contribution in [0.2, 0.25) is 0 Å². The summed E-state index contributed by atoms with van der Waals surface area (Å²) >= 11 is 3.21. The van der Waals surface area contributed by atoms with E-state index in [1.807, 2.05) is 35.9 Å². The molecule has 0 saturated carbocycles. The molecular formula is C26H22F3IN4O3S. The second-order valence-electron chi connectivity index (χ2n) is 9.20. The second-order valence-corrected chi connectivity index (χ2v) is 11.3. The van der Waals surface area contributed by atoms with Gasteiger partial charge in [0.15, 0.2) is 0 Å². The number of aryl methyl sites for hydroxylation is 2. The number of nitrogens with zero attached hydrogens (tertiary/aromatic N) is 3. The van der Waals surface area contributed by atoms with E-state index in [0.29, 0.717) is 46.2 Å². The number of allylic oxidation sites excluding steroid dienone is 2. The Labute approximate surface area is 234 Å². The number of carboxylic acid groups (broad SMARTS) is 1. The lowest BCUT2D eigenvalue weighted by molar-refractivity contribution is -0.0889. The van der Waals surface area contributed by atoms with Gasteiger partial charge in [0.25, 0.3) is 0 Å². The summed E-state index contributed by atoms with van der Waals surface area (Å²) in [6.45, 7) is 1.86. The first kappa shape index (κ1) is 26.6. The quantitative estimate of drug-likeness (QED) is 0.223. The molecule has 1 aromatic carbocycles. The number of alkyl halides is 3. The van der Waals surface area contributed by atoms with Crippen LogP contribution in [-0.4, -0.2) is 41.6 Å². The fraction of sp³-hybridized carbons (Fsp3) is 0.269. The summed E-state index contributed by atoms with van der Waals surface area (Å²) in [6.07, 6.45) is 1.69. The number of pyridine rings is 1. The molecule has 2 aromatic heterocycles. The van der Waals surface area contributed by atoms with E-state index < -0.39 is 29.5 Å². The first-order chi connectivity index (χ1) is 17.9. The maximum Gasteiger partial charge on any atom is 0.416 e. The number of aliphatic hydroxyl groups is 1. The monoisotopic (exact) mass is 654 g/mol. The first-order valence-electron chi connectivity index (χ1n) is 11.7. The zero-order valence-corrected chi connectivity index (χ0v) is 22.9. The normalized spacial score (nSPS) is 21.2. The lowest BCUT2D eigenvalue weighted by Gasteiger charge is -2.33. The fourth-order valence-corrected chi connectivity index (χ4v) is 6.13. The van der Waals surface area contributed by atoms with Crippen molar-refractivity contribution in [1.82, 2.24) is 13.1 Å².